The molecule has 0 aliphatic rings. The van der Waals surface area contributed by atoms with Gasteiger partial charge in [-0.1, -0.05) is 12.1 Å². The van der Waals surface area contributed by atoms with E-state index in [1.807, 2.05) is 0 Å². The number of halogens is 2. The zero-order valence-electron chi connectivity index (χ0n) is 14.5. The number of oxazole rings is 1. The fraction of sp³-hybridized carbons (Fsp3) is 0.0476. The fourth-order valence-corrected chi connectivity index (χ4v) is 2.62. The lowest BCUT2D eigenvalue weighted by molar-refractivity contribution is -0.118. The van der Waals surface area contributed by atoms with Crippen LogP contribution in [0.25, 0.3) is 22.6 Å². The number of para-hydroxylation sites is 1. The standard InChI is InChI=1S/C21H14F2N2O3/c22-14-7-5-13(6-8-14)21-25-17-11-15(9-10-19(17)28-21)24-20(26)12-27-18-4-2-1-3-16(18)23/h1-11H,12H2,(H,24,26). The van der Waals surface area contributed by atoms with E-state index < -0.39 is 11.7 Å². The van der Waals surface area contributed by atoms with E-state index in [1.54, 1.807) is 36.4 Å². The Labute approximate surface area is 158 Å². The van der Waals surface area contributed by atoms with Crippen molar-refractivity contribution in [2.45, 2.75) is 0 Å². The van der Waals surface area contributed by atoms with Crippen LogP contribution in [0.1, 0.15) is 0 Å². The maximum atomic E-state index is 13.5. The van der Waals surface area contributed by atoms with Gasteiger partial charge in [0, 0.05) is 11.3 Å². The molecule has 1 aromatic heterocycles. The highest BCUT2D eigenvalue weighted by atomic mass is 19.1. The van der Waals surface area contributed by atoms with Gasteiger partial charge in [0.05, 0.1) is 0 Å². The van der Waals surface area contributed by atoms with Crippen LogP contribution in [-0.2, 0) is 4.79 Å². The molecule has 0 saturated carbocycles. The first-order chi connectivity index (χ1) is 13.6. The van der Waals surface area contributed by atoms with Crippen LogP contribution in [0.15, 0.2) is 71.1 Å². The molecule has 5 nitrogen and oxygen atoms in total. The van der Waals surface area contributed by atoms with Crippen LogP contribution >= 0.6 is 0 Å². The van der Waals surface area contributed by atoms with Gasteiger partial charge in [-0.3, -0.25) is 4.79 Å². The van der Waals surface area contributed by atoms with Gasteiger partial charge in [-0.25, -0.2) is 13.8 Å². The van der Waals surface area contributed by atoms with Gasteiger partial charge in [-0.05, 0) is 54.6 Å². The number of benzene rings is 3. The van der Waals surface area contributed by atoms with Gasteiger partial charge in [0.15, 0.2) is 23.8 Å². The molecule has 0 saturated heterocycles. The molecule has 0 aliphatic heterocycles. The highest BCUT2D eigenvalue weighted by molar-refractivity contribution is 5.94. The van der Waals surface area contributed by atoms with E-state index in [2.05, 4.69) is 10.3 Å². The molecule has 0 bridgehead atoms. The molecular weight excluding hydrogens is 366 g/mol. The maximum absolute atomic E-state index is 13.5. The average molecular weight is 380 g/mol. The van der Waals surface area contributed by atoms with Crippen molar-refractivity contribution in [1.29, 1.82) is 0 Å². The number of hydrogen-bond donors (Lipinski definition) is 1. The van der Waals surface area contributed by atoms with Gasteiger partial charge >= 0.3 is 0 Å². The third kappa shape index (κ3) is 3.83. The number of amides is 1. The molecule has 4 rings (SSSR count). The van der Waals surface area contributed by atoms with E-state index in [-0.39, 0.29) is 18.2 Å². The zero-order valence-corrected chi connectivity index (χ0v) is 14.5. The molecular formula is C21H14F2N2O3. The predicted octanol–water partition coefficient (Wildman–Crippen LogP) is 4.79. The Morgan fingerprint density at radius 2 is 1.82 bits per heavy atom. The minimum absolute atomic E-state index is 0.00791. The van der Waals surface area contributed by atoms with Crippen molar-refractivity contribution in [2.24, 2.45) is 0 Å². The molecule has 0 aliphatic carbocycles. The minimum atomic E-state index is -0.535. The Morgan fingerprint density at radius 1 is 1.04 bits per heavy atom. The van der Waals surface area contributed by atoms with Crippen molar-refractivity contribution >= 4 is 22.7 Å². The van der Waals surface area contributed by atoms with Crippen LogP contribution in [-0.4, -0.2) is 17.5 Å². The first-order valence-electron chi connectivity index (χ1n) is 8.42. The summed E-state index contributed by atoms with van der Waals surface area (Å²) in [6.45, 7) is -0.335. The SMILES string of the molecule is O=C(COc1ccccc1F)Nc1ccc2oc(-c3ccc(F)cc3)nc2c1. The summed E-state index contributed by atoms with van der Waals surface area (Å²) >= 11 is 0. The van der Waals surface area contributed by atoms with Crippen LogP contribution < -0.4 is 10.1 Å². The van der Waals surface area contributed by atoms with Crippen LogP contribution in [0.4, 0.5) is 14.5 Å². The predicted molar refractivity (Wildman–Crippen MR) is 99.9 cm³/mol. The maximum Gasteiger partial charge on any atom is 0.262 e. The van der Waals surface area contributed by atoms with Crippen molar-refractivity contribution in [3.63, 3.8) is 0 Å². The molecule has 0 radical (unpaired) electrons. The molecule has 3 aromatic carbocycles. The topological polar surface area (TPSA) is 64.4 Å². The second-order valence-electron chi connectivity index (χ2n) is 5.98. The quantitative estimate of drug-likeness (QED) is 0.541. The molecule has 0 fully saturated rings. The molecule has 0 unspecified atom stereocenters. The van der Waals surface area contributed by atoms with Gasteiger partial charge in [-0.15, -0.1) is 0 Å². The summed E-state index contributed by atoms with van der Waals surface area (Å²) in [6.07, 6.45) is 0. The number of aromatic nitrogens is 1. The van der Waals surface area contributed by atoms with Crippen LogP contribution in [0, 0.1) is 11.6 Å². The van der Waals surface area contributed by atoms with Crippen LogP contribution in [0.5, 0.6) is 5.75 Å². The Hall–Kier alpha value is -3.74. The molecule has 140 valence electrons. The summed E-state index contributed by atoms with van der Waals surface area (Å²) in [5.41, 5.74) is 2.20. The molecule has 4 aromatic rings. The highest BCUT2D eigenvalue weighted by Crippen LogP contribution is 2.26. The first-order valence-corrected chi connectivity index (χ1v) is 8.42. The van der Waals surface area contributed by atoms with E-state index in [9.17, 15) is 13.6 Å². The first kappa shape index (κ1) is 17.7. The summed E-state index contributed by atoms with van der Waals surface area (Å²) in [6, 6.07) is 16.6. The number of nitrogens with one attached hydrogen (secondary N) is 1. The normalized spacial score (nSPS) is 10.8. The van der Waals surface area contributed by atoms with Crippen molar-refractivity contribution in [3.8, 4) is 17.2 Å². The number of carbonyl (C=O) groups is 1. The van der Waals surface area contributed by atoms with Gasteiger partial charge in [0.2, 0.25) is 5.89 Å². The van der Waals surface area contributed by atoms with Crippen molar-refractivity contribution < 1.29 is 22.7 Å². The van der Waals surface area contributed by atoms with Crippen molar-refractivity contribution in [1.82, 2.24) is 4.98 Å². The van der Waals surface area contributed by atoms with E-state index in [4.69, 9.17) is 9.15 Å². The molecule has 28 heavy (non-hydrogen) atoms. The second-order valence-corrected chi connectivity index (χ2v) is 5.98. The number of carbonyl (C=O) groups excluding carboxylic acids is 1. The Kier molecular flexibility index (Phi) is 4.72. The Balaban J connectivity index is 1.46. The van der Waals surface area contributed by atoms with Crippen molar-refractivity contribution in [3.05, 3.63) is 78.4 Å². The molecule has 1 N–H and O–H groups in total. The largest absolute Gasteiger partial charge is 0.481 e. The molecule has 0 atom stereocenters. The highest BCUT2D eigenvalue weighted by Gasteiger charge is 2.11. The second kappa shape index (κ2) is 7.48. The number of hydrogen-bond acceptors (Lipinski definition) is 4. The average Bonchev–Trinajstić information content (AvgIpc) is 3.11. The molecule has 1 heterocycles. The smallest absolute Gasteiger partial charge is 0.262 e. The number of nitrogens with zero attached hydrogens (tertiary/aromatic N) is 1. The van der Waals surface area contributed by atoms with E-state index in [1.165, 1.54) is 30.3 Å². The number of anilines is 1. The number of ether oxygens (including phenoxy) is 1. The van der Waals surface area contributed by atoms with E-state index in [0.717, 1.165) is 0 Å². The third-order valence-electron chi connectivity index (χ3n) is 3.96. The summed E-state index contributed by atoms with van der Waals surface area (Å²) in [7, 11) is 0. The van der Waals surface area contributed by atoms with E-state index in [0.29, 0.717) is 28.2 Å². The zero-order chi connectivity index (χ0) is 19.5. The molecule has 7 heteroatoms. The van der Waals surface area contributed by atoms with Gasteiger partial charge in [0.1, 0.15) is 11.3 Å². The lowest BCUT2D eigenvalue weighted by Gasteiger charge is -2.08. The third-order valence-corrected chi connectivity index (χ3v) is 3.96. The minimum Gasteiger partial charge on any atom is -0.481 e. The lowest BCUT2D eigenvalue weighted by Crippen LogP contribution is -2.20. The lowest BCUT2D eigenvalue weighted by atomic mass is 10.2. The summed E-state index contributed by atoms with van der Waals surface area (Å²) in [5.74, 6) is -0.963. The monoisotopic (exact) mass is 380 g/mol. The van der Waals surface area contributed by atoms with Gasteiger partial charge in [-0.2, -0.15) is 0 Å². The Bertz CT molecular complexity index is 1140. The van der Waals surface area contributed by atoms with Gasteiger partial charge in [0.25, 0.3) is 5.91 Å². The molecule has 1 amide bonds. The Morgan fingerprint density at radius 3 is 2.61 bits per heavy atom. The fourth-order valence-electron chi connectivity index (χ4n) is 2.62. The van der Waals surface area contributed by atoms with E-state index >= 15 is 0 Å². The summed E-state index contributed by atoms with van der Waals surface area (Å²) in [5, 5.41) is 2.66. The van der Waals surface area contributed by atoms with Crippen LogP contribution in [0.3, 0.4) is 0 Å². The number of rotatable bonds is 5. The molecule has 0 spiro atoms. The summed E-state index contributed by atoms with van der Waals surface area (Å²) in [4.78, 5) is 16.4. The number of fused-ring (bicyclic) bond motifs is 1. The van der Waals surface area contributed by atoms with Crippen LogP contribution in [0.2, 0.25) is 0 Å². The summed E-state index contributed by atoms with van der Waals surface area (Å²) < 4.78 is 37.4. The van der Waals surface area contributed by atoms with Crippen molar-refractivity contribution in [2.75, 3.05) is 11.9 Å². The van der Waals surface area contributed by atoms with Gasteiger partial charge < -0.3 is 14.5 Å².